The molecule has 1 aliphatic rings. The van der Waals surface area contributed by atoms with Gasteiger partial charge in [0.05, 0.1) is 6.17 Å². The fraction of sp³-hybridized carbons (Fsp3) is 0.750. The van der Waals surface area contributed by atoms with Gasteiger partial charge in [0, 0.05) is 13.1 Å². The molecule has 0 bridgehead atoms. The Morgan fingerprint density at radius 1 is 1.73 bits per heavy atom. The summed E-state index contributed by atoms with van der Waals surface area (Å²) in [4.78, 5) is 30.4. The lowest BCUT2D eigenvalue weighted by atomic mass is 10.7. The summed E-state index contributed by atoms with van der Waals surface area (Å²) in [5.74, 6) is 0. The molecule has 0 atom stereocenters. The van der Waals surface area contributed by atoms with Crippen LogP contribution >= 0.6 is 21.8 Å². The number of rotatable bonds is 2. The van der Waals surface area contributed by atoms with Crippen LogP contribution in [-0.4, -0.2) is 45.8 Å². The molecule has 0 spiro atoms. The van der Waals surface area contributed by atoms with Crippen molar-refractivity contribution in [1.82, 2.24) is 10.2 Å². The number of amides is 2. The molecule has 2 amide bonds. The van der Waals surface area contributed by atoms with Gasteiger partial charge >= 0.3 is 12.1 Å². The molecule has 1 fully saturated rings. The van der Waals surface area contributed by atoms with Crippen molar-refractivity contribution >= 4 is 33.9 Å². The summed E-state index contributed by atoms with van der Waals surface area (Å²) in [6, 6.07) is -3.34. The van der Waals surface area contributed by atoms with E-state index < -0.39 is 6.06 Å². The lowest BCUT2D eigenvalue weighted by Crippen LogP contribution is -2.44. The van der Waals surface area contributed by atoms with Crippen molar-refractivity contribution in [2.75, 3.05) is 19.3 Å². The summed E-state index contributed by atoms with van der Waals surface area (Å²) in [6.45, 7) is 1.16. The van der Waals surface area contributed by atoms with E-state index in [0.29, 0.717) is 13.1 Å². The van der Waals surface area contributed by atoms with Crippen LogP contribution in [0.3, 0.4) is 0 Å². The number of nitrogens with zero attached hydrogens (tertiary/aromatic N) is 1. The van der Waals surface area contributed by atoms with E-state index in [4.69, 9.17) is 9.59 Å². The third kappa shape index (κ3) is 2.93. The number of nitrogens with one attached hydrogen (secondary N) is 1. The van der Waals surface area contributed by atoms with E-state index >= 15 is 0 Å². The molecule has 1 aliphatic heterocycles. The lowest BCUT2D eigenvalue weighted by Gasteiger charge is -2.18. The fourth-order valence-corrected chi connectivity index (χ4v) is 2.93. The van der Waals surface area contributed by atoms with Gasteiger partial charge in [-0.1, -0.05) is 0 Å². The first-order chi connectivity index (χ1) is 4.99. The van der Waals surface area contributed by atoms with Crippen LogP contribution in [0.1, 0.15) is 0 Å². The van der Waals surface area contributed by atoms with Gasteiger partial charge in [0.1, 0.15) is 0 Å². The predicted molar refractivity (Wildman–Crippen MR) is 49.2 cm³/mol. The van der Waals surface area contributed by atoms with Crippen molar-refractivity contribution in [3.8, 4) is 0 Å². The average Bonchev–Trinajstić information content (AvgIpc) is 2.12. The Labute approximate surface area is 77.9 Å². The van der Waals surface area contributed by atoms with Crippen LogP contribution in [0.15, 0.2) is 0 Å². The summed E-state index contributed by atoms with van der Waals surface area (Å²) < 4.78 is 0. The molecule has 0 aromatic carbocycles. The number of carbonyl (C=O) groups excluding carboxylic acids is 1. The first kappa shape index (κ1) is 9.23. The Hall–Kier alpha value is 0.137. The molecule has 11 heavy (non-hydrogen) atoms. The van der Waals surface area contributed by atoms with E-state index in [1.54, 1.807) is 21.8 Å². The van der Waals surface area contributed by atoms with E-state index in [1.807, 2.05) is 0 Å². The minimum atomic E-state index is -3.13. The molecule has 1 saturated heterocycles. The largest absolute Gasteiger partial charge is 0.422 e. The molecule has 1 heterocycles. The molecule has 0 aromatic heterocycles. The maximum Gasteiger partial charge on any atom is 0.422 e. The number of carbonyl (C=O) groups is 1. The smallest absolute Gasteiger partial charge is 0.402 e. The zero-order valence-corrected chi connectivity index (χ0v) is 8.91. The van der Waals surface area contributed by atoms with Crippen molar-refractivity contribution in [3.63, 3.8) is 0 Å². The minimum absolute atomic E-state index is 0.0827. The van der Waals surface area contributed by atoms with Gasteiger partial charge in [0.25, 0.3) is 0 Å². The predicted octanol–water partition coefficient (Wildman–Crippen LogP) is -1.09. The van der Waals surface area contributed by atoms with Crippen LogP contribution in [0.4, 0.5) is 4.79 Å². The summed E-state index contributed by atoms with van der Waals surface area (Å²) in [5, 5.41) is 2.58. The molecule has 7 heteroatoms. The summed E-state index contributed by atoms with van der Waals surface area (Å²) in [5.41, 5.74) is 0. The summed E-state index contributed by atoms with van der Waals surface area (Å²) in [7, 11) is 0. The molecule has 0 aliphatic carbocycles. The van der Waals surface area contributed by atoms with Crippen molar-refractivity contribution in [2.24, 2.45) is 0 Å². The van der Waals surface area contributed by atoms with Crippen molar-refractivity contribution in [1.29, 1.82) is 0 Å². The number of hydrogen-bond acceptors (Lipinski definition) is 3. The standard InChI is InChI=1S/C4H9IN2O3Si/c5-11(9,10)3-7-2-1-6-4(7)8/h9-10H,1-3H2,(H,6,8). The van der Waals surface area contributed by atoms with Crippen LogP contribution in [0, 0.1) is 0 Å². The highest BCUT2D eigenvalue weighted by atomic mass is 127. The first-order valence-corrected chi connectivity index (χ1v) is 8.37. The number of halogens is 1. The zero-order valence-electron chi connectivity index (χ0n) is 5.75. The van der Waals surface area contributed by atoms with Crippen LogP contribution in [-0.2, 0) is 0 Å². The molecule has 5 nitrogen and oxygen atoms in total. The van der Waals surface area contributed by atoms with Crippen molar-refractivity contribution in [2.45, 2.75) is 0 Å². The van der Waals surface area contributed by atoms with Crippen molar-refractivity contribution in [3.05, 3.63) is 0 Å². The Balaban J connectivity index is 2.43. The lowest BCUT2D eigenvalue weighted by molar-refractivity contribution is 0.219. The van der Waals surface area contributed by atoms with E-state index in [0.717, 1.165) is 0 Å². The SMILES string of the molecule is O=C1NCCN1C[Si](O)(O)I. The minimum Gasteiger partial charge on any atom is -0.402 e. The van der Waals surface area contributed by atoms with E-state index in [-0.39, 0.29) is 12.2 Å². The molecule has 0 unspecified atom stereocenters. The third-order valence-electron chi connectivity index (χ3n) is 1.34. The van der Waals surface area contributed by atoms with E-state index in [9.17, 15) is 4.79 Å². The second-order valence-corrected chi connectivity index (χ2v) is 9.31. The van der Waals surface area contributed by atoms with Gasteiger partial charge in [-0.15, -0.1) is 0 Å². The molecule has 1 rings (SSSR count). The number of hydrogen-bond donors (Lipinski definition) is 3. The maximum atomic E-state index is 10.9. The Morgan fingerprint density at radius 3 is 2.73 bits per heavy atom. The maximum absolute atomic E-state index is 10.9. The van der Waals surface area contributed by atoms with Gasteiger partial charge in [-0.2, -0.15) is 0 Å². The number of urea groups is 1. The second kappa shape index (κ2) is 3.25. The average molecular weight is 288 g/mol. The zero-order chi connectivity index (χ0) is 8.48. The van der Waals surface area contributed by atoms with Gasteiger partial charge in [-0.05, 0) is 21.8 Å². The first-order valence-electron chi connectivity index (χ1n) is 3.15. The Kier molecular flexibility index (Phi) is 2.73. The molecular formula is C4H9IN2O3Si. The summed E-state index contributed by atoms with van der Waals surface area (Å²) in [6.07, 6.45) is 0.0827. The highest BCUT2D eigenvalue weighted by Crippen LogP contribution is 2.08. The van der Waals surface area contributed by atoms with Crippen LogP contribution in [0.2, 0.25) is 0 Å². The quantitative estimate of drug-likeness (QED) is 0.343. The molecule has 64 valence electrons. The monoisotopic (exact) mass is 288 g/mol. The molecule has 0 aromatic rings. The van der Waals surface area contributed by atoms with E-state index in [2.05, 4.69) is 5.32 Å². The van der Waals surface area contributed by atoms with Gasteiger partial charge in [0.2, 0.25) is 0 Å². The molecule has 3 N–H and O–H groups in total. The van der Waals surface area contributed by atoms with Gasteiger partial charge in [-0.3, -0.25) is 0 Å². The topological polar surface area (TPSA) is 72.8 Å². The van der Waals surface area contributed by atoms with Crippen LogP contribution in [0.5, 0.6) is 0 Å². The fourth-order valence-electron chi connectivity index (χ4n) is 0.905. The molecule has 0 radical (unpaired) electrons. The Morgan fingerprint density at radius 2 is 2.36 bits per heavy atom. The third-order valence-corrected chi connectivity index (χ3v) is 3.14. The summed E-state index contributed by atoms with van der Waals surface area (Å²) >= 11 is 1.60. The highest BCUT2D eigenvalue weighted by molar-refractivity contribution is 14.1. The Bertz CT molecular complexity index is 171. The normalized spacial score (nSPS) is 18.8. The molecular weight excluding hydrogens is 279 g/mol. The van der Waals surface area contributed by atoms with Crippen LogP contribution < -0.4 is 5.32 Å². The highest BCUT2D eigenvalue weighted by Gasteiger charge is 2.32. The van der Waals surface area contributed by atoms with Gasteiger partial charge in [-0.25, -0.2) is 4.79 Å². The van der Waals surface area contributed by atoms with Crippen molar-refractivity contribution < 1.29 is 14.4 Å². The van der Waals surface area contributed by atoms with Gasteiger partial charge in [0.15, 0.2) is 0 Å². The van der Waals surface area contributed by atoms with E-state index in [1.165, 1.54) is 4.90 Å². The second-order valence-electron chi connectivity index (χ2n) is 2.37. The van der Waals surface area contributed by atoms with Crippen LogP contribution in [0.25, 0.3) is 0 Å². The molecule has 0 saturated carbocycles. The van der Waals surface area contributed by atoms with Gasteiger partial charge < -0.3 is 19.8 Å².